The molecule has 3 rings (SSSR count). The lowest BCUT2D eigenvalue weighted by molar-refractivity contribution is 0.107. The number of fused-ring (bicyclic) bond motifs is 1. The number of aromatic nitrogens is 1. The van der Waals surface area contributed by atoms with Crippen LogP contribution in [0.5, 0.6) is 5.88 Å². The number of carbonyl (C=O) groups is 1. The Labute approximate surface area is 141 Å². The van der Waals surface area contributed by atoms with Crippen LogP contribution >= 0.6 is 15.9 Å². The SMILES string of the molecule is C=Nc1c(/C=C(\C)Br)c(C2=Nc3ccccc3C2=O)c(O)n1C. The molecule has 0 atom stereocenters. The molecule has 1 aromatic heterocycles. The second-order valence-electron chi connectivity index (χ2n) is 5.19. The lowest BCUT2D eigenvalue weighted by atomic mass is 10.0. The number of aromatic hydroxyl groups is 1. The monoisotopic (exact) mass is 371 g/mol. The number of hydrogen-bond donors (Lipinski definition) is 1. The van der Waals surface area contributed by atoms with Crippen molar-refractivity contribution in [2.24, 2.45) is 17.0 Å². The van der Waals surface area contributed by atoms with Gasteiger partial charge in [-0.2, -0.15) is 0 Å². The highest BCUT2D eigenvalue weighted by atomic mass is 79.9. The fraction of sp³-hybridized carbons (Fsp3) is 0.118. The number of rotatable bonds is 3. The molecule has 2 aromatic rings. The van der Waals surface area contributed by atoms with Gasteiger partial charge in [-0.1, -0.05) is 28.1 Å². The molecule has 1 N–H and O–H groups in total. The average Bonchev–Trinajstić information content (AvgIpc) is 2.95. The molecule has 0 radical (unpaired) electrons. The molecule has 0 spiro atoms. The van der Waals surface area contributed by atoms with E-state index < -0.39 is 0 Å². The highest BCUT2D eigenvalue weighted by Crippen LogP contribution is 2.39. The third-order valence-corrected chi connectivity index (χ3v) is 3.92. The summed E-state index contributed by atoms with van der Waals surface area (Å²) >= 11 is 3.38. The van der Waals surface area contributed by atoms with Gasteiger partial charge in [-0.05, 0) is 36.3 Å². The summed E-state index contributed by atoms with van der Waals surface area (Å²) in [7, 11) is 1.66. The molecule has 0 aliphatic carbocycles. The molecule has 1 aliphatic heterocycles. The number of carbonyl (C=O) groups excluding carboxylic acids is 1. The number of halogens is 1. The first-order chi connectivity index (χ1) is 11.0. The van der Waals surface area contributed by atoms with Gasteiger partial charge in [-0.25, -0.2) is 9.98 Å². The molecule has 0 unspecified atom stereocenters. The van der Waals surface area contributed by atoms with Gasteiger partial charge in [-0.3, -0.25) is 9.36 Å². The summed E-state index contributed by atoms with van der Waals surface area (Å²) in [5.41, 5.74) is 2.33. The Hall–Kier alpha value is -2.47. The quantitative estimate of drug-likeness (QED) is 0.823. The van der Waals surface area contributed by atoms with Crippen molar-refractivity contribution in [2.45, 2.75) is 6.92 Å². The Morgan fingerprint density at radius 3 is 2.74 bits per heavy atom. The van der Waals surface area contributed by atoms with Crippen LogP contribution in [-0.4, -0.2) is 27.9 Å². The van der Waals surface area contributed by atoms with E-state index in [1.165, 1.54) is 4.57 Å². The summed E-state index contributed by atoms with van der Waals surface area (Å²) in [6.07, 6.45) is 1.79. The van der Waals surface area contributed by atoms with Crippen LogP contribution in [0.3, 0.4) is 0 Å². The van der Waals surface area contributed by atoms with Crippen LogP contribution in [0.4, 0.5) is 11.5 Å². The number of hydrogen-bond acceptors (Lipinski definition) is 4. The third kappa shape index (κ3) is 2.35. The van der Waals surface area contributed by atoms with E-state index in [0.717, 1.165) is 4.48 Å². The summed E-state index contributed by atoms with van der Waals surface area (Å²) in [6.45, 7) is 5.40. The van der Waals surface area contributed by atoms with Gasteiger partial charge in [0.1, 0.15) is 11.5 Å². The second kappa shape index (κ2) is 5.62. The largest absolute Gasteiger partial charge is 0.494 e. The number of ketones is 1. The van der Waals surface area contributed by atoms with Crippen molar-refractivity contribution in [3.63, 3.8) is 0 Å². The first-order valence-electron chi connectivity index (χ1n) is 6.90. The Morgan fingerprint density at radius 1 is 1.43 bits per heavy atom. The molecule has 0 saturated carbocycles. The summed E-state index contributed by atoms with van der Waals surface area (Å²) < 4.78 is 2.32. The van der Waals surface area contributed by atoms with Crippen LogP contribution in [0, 0.1) is 0 Å². The standard InChI is InChI=1S/C17H14BrN3O2/c1-9(18)8-11-13(17(23)21(3)16(11)19-2)14-15(22)10-6-4-5-7-12(10)20-14/h4-8,23H,2H2,1,3H3/b9-8+. The Balaban J connectivity index is 2.29. The highest BCUT2D eigenvalue weighted by molar-refractivity contribution is 9.11. The number of nitrogens with zero attached hydrogens (tertiary/aromatic N) is 3. The lowest BCUT2D eigenvalue weighted by Gasteiger charge is -2.01. The van der Waals surface area contributed by atoms with Gasteiger partial charge in [0.15, 0.2) is 0 Å². The minimum absolute atomic E-state index is 0.0627. The smallest absolute Gasteiger partial charge is 0.214 e. The van der Waals surface area contributed by atoms with Crippen molar-refractivity contribution >= 4 is 51.7 Å². The molecule has 6 heteroatoms. The maximum atomic E-state index is 12.7. The molecular weight excluding hydrogens is 358 g/mol. The average molecular weight is 372 g/mol. The fourth-order valence-corrected chi connectivity index (χ4v) is 2.90. The minimum Gasteiger partial charge on any atom is -0.494 e. The van der Waals surface area contributed by atoms with Crippen molar-refractivity contribution in [3.05, 3.63) is 45.4 Å². The van der Waals surface area contributed by atoms with Crippen LogP contribution < -0.4 is 0 Å². The van der Waals surface area contributed by atoms with Gasteiger partial charge in [0.05, 0.1) is 11.3 Å². The molecule has 2 heterocycles. The second-order valence-corrected chi connectivity index (χ2v) is 6.44. The van der Waals surface area contributed by atoms with E-state index in [1.54, 1.807) is 31.3 Å². The molecule has 0 saturated heterocycles. The molecule has 116 valence electrons. The Kier molecular flexibility index (Phi) is 3.77. The van der Waals surface area contributed by atoms with Crippen LogP contribution in [0.1, 0.15) is 28.4 Å². The third-order valence-electron chi connectivity index (χ3n) is 3.70. The number of aliphatic imine (C=N–C) groups is 2. The zero-order valence-electron chi connectivity index (χ0n) is 12.7. The number of benzene rings is 1. The summed E-state index contributed by atoms with van der Waals surface area (Å²) in [4.78, 5) is 21.0. The molecule has 0 amide bonds. The van der Waals surface area contributed by atoms with Gasteiger partial charge >= 0.3 is 0 Å². The molecule has 1 aromatic carbocycles. The predicted molar refractivity (Wildman–Crippen MR) is 95.8 cm³/mol. The topological polar surface area (TPSA) is 66.9 Å². The number of Topliss-reactive ketones (excluding diaryl/α,β-unsaturated/α-hetero) is 1. The van der Waals surface area contributed by atoms with Gasteiger partial charge < -0.3 is 5.11 Å². The van der Waals surface area contributed by atoms with Crippen LogP contribution in [0.25, 0.3) is 6.08 Å². The normalized spacial score (nSPS) is 14.0. The van der Waals surface area contributed by atoms with Crippen LogP contribution in [-0.2, 0) is 7.05 Å². The number of allylic oxidation sites excluding steroid dienone is 1. The lowest BCUT2D eigenvalue weighted by Crippen LogP contribution is -2.11. The van der Waals surface area contributed by atoms with Crippen molar-refractivity contribution in [2.75, 3.05) is 0 Å². The van der Waals surface area contributed by atoms with Crippen molar-refractivity contribution < 1.29 is 9.90 Å². The van der Waals surface area contributed by atoms with E-state index in [2.05, 4.69) is 32.6 Å². The van der Waals surface area contributed by atoms with Crippen molar-refractivity contribution in [3.8, 4) is 5.88 Å². The van der Waals surface area contributed by atoms with E-state index in [-0.39, 0.29) is 17.4 Å². The summed E-state index contributed by atoms with van der Waals surface area (Å²) in [5.74, 6) is 0.203. The summed E-state index contributed by atoms with van der Waals surface area (Å²) in [5, 5.41) is 10.5. The van der Waals surface area contributed by atoms with E-state index >= 15 is 0 Å². The molecular formula is C17H14BrN3O2. The zero-order valence-corrected chi connectivity index (χ0v) is 14.3. The van der Waals surface area contributed by atoms with E-state index in [4.69, 9.17) is 0 Å². The van der Waals surface area contributed by atoms with Gasteiger partial charge in [0, 0.05) is 18.2 Å². The van der Waals surface area contributed by atoms with Gasteiger partial charge in [-0.15, -0.1) is 0 Å². The summed E-state index contributed by atoms with van der Waals surface area (Å²) in [6, 6.07) is 7.12. The van der Waals surface area contributed by atoms with Crippen molar-refractivity contribution in [1.82, 2.24) is 4.57 Å². The minimum atomic E-state index is -0.209. The maximum Gasteiger partial charge on any atom is 0.214 e. The van der Waals surface area contributed by atoms with Crippen molar-refractivity contribution in [1.29, 1.82) is 0 Å². The maximum absolute atomic E-state index is 12.7. The van der Waals surface area contributed by atoms with E-state index in [1.807, 2.05) is 13.0 Å². The van der Waals surface area contributed by atoms with E-state index in [0.29, 0.717) is 28.2 Å². The molecule has 1 aliphatic rings. The van der Waals surface area contributed by atoms with Gasteiger partial charge in [0.25, 0.3) is 0 Å². The highest BCUT2D eigenvalue weighted by Gasteiger charge is 2.32. The molecule has 5 nitrogen and oxygen atoms in total. The molecule has 23 heavy (non-hydrogen) atoms. The fourth-order valence-electron chi connectivity index (χ4n) is 2.67. The first-order valence-corrected chi connectivity index (χ1v) is 7.70. The van der Waals surface area contributed by atoms with E-state index in [9.17, 15) is 9.90 Å². The predicted octanol–water partition coefficient (Wildman–Crippen LogP) is 4.14. The molecule has 0 bridgehead atoms. The van der Waals surface area contributed by atoms with Crippen LogP contribution in [0.2, 0.25) is 0 Å². The first kappa shape index (κ1) is 15.4. The Bertz CT molecular complexity index is 903. The van der Waals surface area contributed by atoms with Crippen LogP contribution in [0.15, 0.2) is 38.7 Å². The number of para-hydroxylation sites is 1. The van der Waals surface area contributed by atoms with Gasteiger partial charge in [0.2, 0.25) is 11.7 Å². The Morgan fingerprint density at radius 2 is 2.13 bits per heavy atom. The zero-order chi connectivity index (χ0) is 16.7. The molecule has 0 fully saturated rings.